The number of nitrogen functional groups attached to an aromatic ring is 1. The number of aromatic nitrogens is 2. The fourth-order valence-electron chi connectivity index (χ4n) is 2.42. The van der Waals surface area contributed by atoms with E-state index in [1.807, 2.05) is 5.43 Å². The zero-order valence-electron chi connectivity index (χ0n) is 11.4. The number of carbonyl (C=O) groups is 2. The average Bonchev–Trinajstić information content (AvgIpc) is 2.87. The Bertz CT molecular complexity index is 804. The summed E-state index contributed by atoms with van der Waals surface area (Å²) in [5, 5.41) is -0.263. The number of amides is 2. The van der Waals surface area contributed by atoms with Crippen LogP contribution < -0.4 is 11.3 Å². The molecule has 2 heterocycles. The van der Waals surface area contributed by atoms with E-state index in [9.17, 15) is 14.0 Å². The van der Waals surface area contributed by atoms with Gasteiger partial charge in [-0.1, -0.05) is 11.6 Å². The van der Waals surface area contributed by atoms with Crippen molar-refractivity contribution >= 4 is 23.4 Å². The smallest absolute Gasteiger partial charge is 0.285 e. The normalized spacial score (nSPS) is 13.5. The van der Waals surface area contributed by atoms with Crippen LogP contribution in [0, 0.1) is 5.82 Å². The van der Waals surface area contributed by atoms with Crippen LogP contribution in [0.4, 0.5) is 4.39 Å². The predicted molar refractivity (Wildman–Crippen MR) is 76.0 cm³/mol. The Morgan fingerprint density at radius 2 is 2.23 bits per heavy atom. The molecule has 22 heavy (non-hydrogen) atoms. The molecule has 2 amide bonds. The summed E-state index contributed by atoms with van der Waals surface area (Å²) in [4.78, 5) is 29.6. The zero-order valence-corrected chi connectivity index (χ0v) is 12.2. The molecule has 7 nitrogen and oxygen atoms in total. The summed E-state index contributed by atoms with van der Waals surface area (Å²) in [7, 11) is 1.53. The van der Waals surface area contributed by atoms with Gasteiger partial charge in [0, 0.05) is 7.05 Å². The van der Waals surface area contributed by atoms with Crippen LogP contribution in [0.25, 0.3) is 5.69 Å². The largest absolute Gasteiger partial charge is 0.336 e. The summed E-state index contributed by atoms with van der Waals surface area (Å²) < 4.78 is 15.2. The van der Waals surface area contributed by atoms with E-state index in [4.69, 9.17) is 17.4 Å². The van der Waals surface area contributed by atoms with E-state index in [2.05, 4.69) is 4.98 Å². The molecule has 2 aromatic rings. The van der Waals surface area contributed by atoms with Crippen molar-refractivity contribution in [1.82, 2.24) is 19.9 Å². The molecular formula is C13H11ClFN5O2. The maximum atomic E-state index is 13.7. The minimum Gasteiger partial charge on any atom is -0.336 e. The predicted octanol–water partition coefficient (Wildman–Crippen LogP) is 0.854. The van der Waals surface area contributed by atoms with Crippen molar-refractivity contribution in [2.75, 3.05) is 7.05 Å². The molecule has 0 saturated heterocycles. The Morgan fingerprint density at radius 1 is 1.50 bits per heavy atom. The quantitative estimate of drug-likeness (QED) is 0.462. The molecule has 0 unspecified atom stereocenters. The Balaban J connectivity index is 2.32. The third-order valence-corrected chi connectivity index (χ3v) is 3.86. The summed E-state index contributed by atoms with van der Waals surface area (Å²) in [6.07, 6.45) is 1.37. The van der Waals surface area contributed by atoms with Crippen molar-refractivity contribution in [2.45, 2.75) is 6.54 Å². The Kier molecular flexibility index (Phi) is 3.34. The molecule has 114 valence electrons. The minimum atomic E-state index is -0.689. The lowest BCUT2D eigenvalue weighted by Gasteiger charge is -2.15. The highest BCUT2D eigenvalue weighted by Crippen LogP contribution is 2.31. The van der Waals surface area contributed by atoms with Crippen molar-refractivity contribution in [2.24, 2.45) is 5.84 Å². The number of halogens is 2. The van der Waals surface area contributed by atoms with Gasteiger partial charge in [-0.3, -0.25) is 19.6 Å². The van der Waals surface area contributed by atoms with Crippen molar-refractivity contribution < 1.29 is 14.0 Å². The fraction of sp³-hybridized carbons (Fsp3) is 0.154. The van der Waals surface area contributed by atoms with Gasteiger partial charge in [-0.2, -0.15) is 0 Å². The fourth-order valence-corrected chi connectivity index (χ4v) is 2.66. The number of fused-ring (bicyclic) bond motifs is 3. The molecule has 0 fully saturated rings. The molecule has 3 N–H and O–H groups in total. The highest BCUT2D eigenvalue weighted by molar-refractivity contribution is 6.34. The third-order valence-electron chi connectivity index (χ3n) is 3.49. The van der Waals surface area contributed by atoms with Crippen LogP contribution in [-0.4, -0.2) is 33.3 Å². The van der Waals surface area contributed by atoms with Gasteiger partial charge in [0.2, 0.25) is 0 Å². The third kappa shape index (κ3) is 1.96. The first-order valence-corrected chi connectivity index (χ1v) is 6.64. The molecule has 1 aliphatic rings. The number of nitrogens with one attached hydrogen (secondary N) is 1. The van der Waals surface area contributed by atoms with Crippen LogP contribution in [0.5, 0.6) is 0 Å². The molecule has 9 heteroatoms. The molecule has 0 atom stereocenters. The summed E-state index contributed by atoms with van der Waals surface area (Å²) in [6, 6.07) is 2.58. The Hall–Kier alpha value is -2.45. The standard InChI is InChI=1S/C13H11ClFN5O2/c1-19-4-8-11(12(21)18-16)17-5-20(8)7-3-2-6(15)10(14)9(7)13(19)22/h2-3,5H,4,16H2,1H3,(H,18,21). The van der Waals surface area contributed by atoms with Gasteiger partial charge in [-0.25, -0.2) is 15.2 Å². The number of hydrazine groups is 1. The molecule has 1 aliphatic heterocycles. The van der Waals surface area contributed by atoms with E-state index in [0.29, 0.717) is 11.4 Å². The second-order valence-corrected chi connectivity index (χ2v) is 5.18. The molecule has 1 aromatic heterocycles. The maximum absolute atomic E-state index is 13.7. The van der Waals surface area contributed by atoms with Crippen LogP contribution in [0.3, 0.4) is 0 Å². The van der Waals surface area contributed by atoms with E-state index in [1.165, 1.54) is 28.9 Å². The van der Waals surface area contributed by atoms with Gasteiger partial charge < -0.3 is 4.90 Å². The van der Waals surface area contributed by atoms with Gasteiger partial charge in [0.1, 0.15) is 12.1 Å². The van der Waals surface area contributed by atoms with Crippen molar-refractivity contribution in [1.29, 1.82) is 0 Å². The van der Waals surface area contributed by atoms with Crippen LogP contribution in [0.2, 0.25) is 5.02 Å². The molecule has 0 radical (unpaired) electrons. The Labute approximate surface area is 129 Å². The van der Waals surface area contributed by atoms with E-state index >= 15 is 0 Å². The van der Waals surface area contributed by atoms with Gasteiger partial charge in [-0.05, 0) is 12.1 Å². The average molecular weight is 324 g/mol. The number of carbonyl (C=O) groups excluding carboxylic acids is 2. The number of hydrogen-bond donors (Lipinski definition) is 2. The SMILES string of the molecule is CN1Cc2c(C(=O)NN)ncn2-c2ccc(F)c(Cl)c2C1=O. The van der Waals surface area contributed by atoms with Crippen LogP contribution in [-0.2, 0) is 6.54 Å². The second-order valence-electron chi connectivity index (χ2n) is 4.80. The monoisotopic (exact) mass is 323 g/mol. The lowest BCUT2D eigenvalue weighted by Crippen LogP contribution is -2.32. The first-order valence-electron chi connectivity index (χ1n) is 6.26. The maximum Gasteiger partial charge on any atom is 0.285 e. The lowest BCUT2D eigenvalue weighted by atomic mass is 10.1. The topological polar surface area (TPSA) is 93.2 Å². The van der Waals surface area contributed by atoms with E-state index in [0.717, 1.165) is 6.07 Å². The Morgan fingerprint density at radius 3 is 2.91 bits per heavy atom. The number of nitrogens with two attached hydrogens (primary N) is 1. The van der Waals surface area contributed by atoms with Crippen LogP contribution in [0.15, 0.2) is 18.5 Å². The van der Waals surface area contributed by atoms with Crippen molar-refractivity contribution in [3.05, 3.63) is 46.3 Å². The van der Waals surface area contributed by atoms with Crippen molar-refractivity contribution in [3.8, 4) is 5.69 Å². The summed E-state index contributed by atoms with van der Waals surface area (Å²) in [5.41, 5.74) is 2.94. The lowest BCUT2D eigenvalue weighted by molar-refractivity contribution is 0.0784. The summed E-state index contributed by atoms with van der Waals surface area (Å²) >= 11 is 5.95. The van der Waals surface area contributed by atoms with Crippen LogP contribution in [0.1, 0.15) is 26.5 Å². The zero-order chi connectivity index (χ0) is 16.0. The molecular weight excluding hydrogens is 313 g/mol. The molecule has 0 bridgehead atoms. The minimum absolute atomic E-state index is 0.0278. The highest BCUT2D eigenvalue weighted by atomic mass is 35.5. The molecule has 0 saturated carbocycles. The molecule has 1 aromatic carbocycles. The van der Waals surface area contributed by atoms with Gasteiger partial charge in [0.05, 0.1) is 28.5 Å². The highest BCUT2D eigenvalue weighted by Gasteiger charge is 2.30. The van der Waals surface area contributed by atoms with E-state index in [-0.39, 0.29) is 22.8 Å². The number of nitrogens with zero attached hydrogens (tertiary/aromatic N) is 3. The van der Waals surface area contributed by atoms with E-state index in [1.54, 1.807) is 0 Å². The number of hydrogen-bond acceptors (Lipinski definition) is 4. The van der Waals surface area contributed by atoms with Gasteiger partial charge in [-0.15, -0.1) is 0 Å². The molecule has 0 spiro atoms. The summed E-state index contributed by atoms with van der Waals surface area (Å²) in [6.45, 7) is 0.105. The summed E-state index contributed by atoms with van der Waals surface area (Å²) in [5.74, 6) is 3.43. The van der Waals surface area contributed by atoms with Crippen LogP contribution >= 0.6 is 11.6 Å². The molecule has 3 rings (SSSR count). The second kappa shape index (κ2) is 5.08. The number of rotatable bonds is 1. The number of imidazole rings is 1. The number of benzene rings is 1. The molecule has 0 aliphatic carbocycles. The van der Waals surface area contributed by atoms with E-state index < -0.39 is 17.6 Å². The van der Waals surface area contributed by atoms with Crippen molar-refractivity contribution in [3.63, 3.8) is 0 Å². The van der Waals surface area contributed by atoms with Gasteiger partial charge in [0.15, 0.2) is 5.69 Å². The van der Waals surface area contributed by atoms with Gasteiger partial charge in [0.25, 0.3) is 11.8 Å². The van der Waals surface area contributed by atoms with Gasteiger partial charge >= 0.3 is 0 Å². The first-order chi connectivity index (χ1) is 10.5. The first kappa shape index (κ1) is 14.5.